The standard InChI is InChI=1S/C18H25N3O3/c22-16-13-19-6-2-15(16)21-10-8-20(9-11-21)7-3-14-12-18(4-1-5-18)17(23)24-14/h2,6,13-14,22H,1,3-5,7-12H2. The van der Waals surface area contributed by atoms with Crippen molar-refractivity contribution in [2.75, 3.05) is 37.6 Å². The Morgan fingerprint density at radius 2 is 2.08 bits per heavy atom. The summed E-state index contributed by atoms with van der Waals surface area (Å²) in [5.74, 6) is 0.298. The molecule has 24 heavy (non-hydrogen) atoms. The Labute approximate surface area is 142 Å². The van der Waals surface area contributed by atoms with Gasteiger partial charge in [-0.3, -0.25) is 14.7 Å². The summed E-state index contributed by atoms with van der Waals surface area (Å²) in [6.07, 6.45) is 8.40. The van der Waals surface area contributed by atoms with E-state index in [1.165, 1.54) is 12.6 Å². The molecule has 3 aliphatic rings. The van der Waals surface area contributed by atoms with Gasteiger partial charge in [-0.1, -0.05) is 6.42 Å². The number of ether oxygens (including phenoxy) is 1. The van der Waals surface area contributed by atoms with E-state index in [4.69, 9.17) is 4.74 Å². The number of hydrogen-bond donors (Lipinski definition) is 1. The van der Waals surface area contributed by atoms with Crippen molar-refractivity contribution in [2.45, 2.75) is 38.2 Å². The predicted octanol–water partition coefficient (Wildman–Crippen LogP) is 1.79. The van der Waals surface area contributed by atoms with Crippen LogP contribution in [0.25, 0.3) is 0 Å². The van der Waals surface area contributed by atoms with E-state index < -0.39 is 0 Å². The van der Waals surface area contributed by atoms with Gasteiger partial charge in [-0.15, -0.1) is 0 Å². The lowest BCUT2D eigenvalue weighted by atomic mass is 9.67. The predicted molar refractivity (Wildman–Crippen MR) is 90.0 cm³/mol. The lowest BCUT2D eigenvalue weighted by Gasteiger charge is -2.36. The zero-order chi connectivity index (χ0) is 16.6. The number of rotatable bonds is 4. The Bertz CT molecular complexity index is 609. The molecule has 1 atom stereocenters. The van der Waals surface area contributed by atoms with Crippen molar-refractivity contribution in [2.24, 2.45) is 5.41 Å². The number of pyridine rings is 1. The van der Waals surface area contributed by atoms with Crippen molar-refractivity contribution in [1.82, 2.24) is 9.88 Å². The van der Waals surface area contributed by atoms with Gasteiger partial charge >= 0.3 is 5.97 Å². The zero-order valence-electron chi connectivity index (χ0n) is 14.0. The lowest BCUT2D eigenvalue weighted by Crippen LogP contribution is -2.47. The molecule has 1 N–H and O–H groups in total. The van der Waals surface area contributed by atoms with Crippen LogP contribution in [0.4, 0.5) is 5.69 Å². The number of piperazine rings is 1. The van der Waals surface area contributed by atoms with Gasteiger partial charge in [-0.05, 0) is 25.3 Å². The summed E-state index contributed by atoms with van der Waals surface area (Å²) < 4.78 is 5.60. The van der Waals surface area contributed by atoms with Crippen molar-refractivity contribution in [3.8, 4) is 5.75 Å². The minimum Gasteiger partial charge on any atom is -0.504 e. The molecule has 1 aromatic rings. The second-order valence-corrected chi connectivity index (χ2v) is 7.35. The molecular formula is C18H25N3O3. The van der Waals surface area contributed by atoms with E-state index in [9.17, 15) is 9.90 Å². The van der Waals surface area contributed by atoms with Crippen molar-refractivity contribution in [3.63, 3.8) is 0 Å². The van der Waals surface area contributed by atoms with Gasteiger partial charge in [-0.25, -0.2) is 0 Å². The van der Waals surface area contributed by atoms with Gasteiger partial charge in [0.2, 0.25) is 0 Å². The summed E-state index contributed by atoms with van der Waals surface area (Å²) in [6, 6.07) is 1.86. The van der Waals surface area contributed by atoms with Crippen LogP contribution in [-0.2, 0) is 9.53 Å². The van der Waals surface area contributed by atoms with Crippen LogP contribution in [0.1, 0.15) is 32.1 Å². The number of hydrogen-bond acceptors (Lipinski definition) is 6. The highest BCUT2D eigenvalue weighted by Gasteiger charge is 2.52. The molecule has 6 heteroatoms. The summed E-state index contributed by atoms with van der Waals surface area (Å²) >= 11 is 0. The molecule has 3 heterocycles. The molecule has 0 bridgehead atoms. The molecule has 2 aliphatic heterocycles. The Morgan fingerprint density at radius 3 is 2.71 bits per heavy atom. The molecule has 0 aromatic carbocycles. The minimum absolute atomic E-state index is 0.0525. The highest BCUT2D eigenvalue weighted by Crippen LogP contribution is 2.50. The third-order valence-corrected chi connectivity index (χ3v) is 5.89. The largest absolute Gasteiger partial charge is 0.504 e. The number of nitrogens with zero attached hydrogens (tertiary/aromatic N) is 3. The number of carbonyl (C=O) groups excluding carboxylic acids is 1. The molecule has 4 rings (SSSR count). The molecule has 6 nitrogen and oxygen atoms in total. The second kappa shape index (κ2) is 6.24. The molecule has 1 spiro atoms. The molecule has 0 amide bonds. The Morgan fingerprint density at radius 1 is 1.29 bits per heavy atom. The number of aromatic nitrogens is 1. The van der Waals surface area contributed by atoms with Crippen molar-refractivity contribution < 1.29 is 14.6 Å². The maximum atomic E-state index is 12.0. The minimum atomic E-state index is -0.109. The van der Waals surface area contributed by atoms with E-state index in [0.29, 0.717) is 0 Å². The fourth-order valence-electron chi connectivity index (χ4n) is 4.20. The van der Waals surface area contributed by atoms with Crippen molar-refractivity contribution >= 4 is 11.7 Å². The van der Waals surface area contributed by atoms with E-state index in [0.717, 1.165) is 64.1 Å². The maximum Gasteiger partial charge on any atom is 0.312 e. The van der Waals surface area contributed by atoms with Crippen LogP contribution < -0.4 is 4.90 Å². The summed E-state index contributed by atoms with van der Waals surface area (Å²) in [6.45, 7) is 4.70. The van der Waals surface area contributed by atoms with Gasteiger partial charge < -0.3 is 14.7 Å². The van der Waals surface area contributed by atoms with Gasteiger partial charge in [-0.2, -0.15) is 0 Å². The highest BCUT2D eigenvalue weighted by molar-refractivity contribution is 5.80. The maximum absolute atomic E-state index is 12.0. The smallest absolute Gasteiger partial charge is 0.312 e. The third-order valence-electron chi connectivity index (χ3n) is 5.89. The zero-order valence-corrected chi connectivity index (χ0v) is 14.0. The molecule has 3 fully saturated rings. The number of anilines is 1. The first-order chi connectivity index (χ1) is 11.7. The van der Waals surface area contributed by atoms with Gasteiger partial charge in [0.1, 0.15) is 6.10 Å². The monoisotopic (exact) mass is 331 g/mol. The topological polar surface area (TPSA) is 65.9 Å². The van der Waals surface area contributed by atoms with Gasteiger partial charge in [0, 0.05) is 45.3 Å². The molecule has 1 saturated carbocycles. The SMILES string of the molecule is O=C1OC(CCN2CCN(c3ccncc3O)CC2)CC12CCC2. The normalized spacial score (nSPS) is 26.4. The number of carbonyl (C=O) groups is 1. The van der Waals surface area contributed by atoms with Crippen LogP contribution in [0.15, 0.2) is 18.5 Å². The molecule has 2 saturated heterocycles. The Hall–Kier alpha value is -1.82. The summed E-state index contributed by atoms with van der Waals surface area (Å²) in [4.78, 5) is 20.6. The van der Waals surface area contributed by atoms with Crippen molar-refractivity contribution in [3.05, 3.63) is 18.5 Å². The van der Waals surface area contributed by atoms with Crippen LogP contribution in [0, 0.1) is 5.41 Å². The summed E-state index contributed by atoms with van der Waals surface area (Å²) in [5, 5.41) is 9.91. The van der Waals surface area contributed by atoms with Gasteiger partial charge in [0.15, 0.2) is 5.75 Å². The number of aromatic hydroxyl groups is 1. The molecule has 130 valence electrons. The third kappa shape index (κ3) is 2.83. The number of cyclic esters (lactones) is 1. The van der Waals surface area contributed by atoms with Crippen LogP contribution >= 0.6 is 0 Å². The van der Waals surface area contributed by atoms with Crippen molar-refractivity contribution in [1.29, 1.82) is 0 Å². The average molecular weight is 331 g/mol. The van der Waals surface area contributed by atoms with E-state index in [2.05, 4.69) is 14.8 Å². The molecule has 0 radical (unpaired) electrons. The fourth-order valence-corrected chi connectivity index (χ4v) is 4.20. The first kappa shape index (κ1) is 15.7. The highest BCUT2D eigenvalue weighted by atomic mass is 16.6. The molecule has 1 unspecified atom stereocenters. The van der Waals surface area contributed by atoms with Gasteiger partial charge in [0.25, 0.3) is 0 Å². The van der Waals surface area contributed by atoms with E-state index >= 15 is 0 Å². The van der Waals surface area contributed by atoms with E-state index in [1.807, 2.05) is 6.07 Å². The second-order valence-electron chi connectivity index (χ2n) is 7.35. The van der Waals surface area contributed by atoms with Crippen LogP contribution in [-0.4, -0.2) is 59.8 Å². The molecule has 1 aliphatic carbocycles. The quantitative estimate of drug-likeness (QED) is 0.849. The first-order valence-corrected chi connectivity index (χ1v) is 8.98. The van der Waals surface area contributed by atoms with Crippen LogP contribution in [0.2, 0.25) is 0 Å². The van der Waals surface area contributed by atoms with Crippen LogP contribution in [0.5, 0.6) is 5.75 Å². The average Bonchev–Trinajstić information content (AvgIpc) is 2.91. The fraction of sp³-hybridized carbons (Fsp3) is 0.667. The number of esters is 1. The molecular weight excluding hydrogens is 306 g/mol. The van der Waals surface area contributed by atoms with E-state index in [-0.39, 0.29) is 23.2 Å². The first-order valence-electron chi connectivity index (χ1n) is 8.98. The summed E-state index contributed by atoms with van der Waals surface area (Å²) in [5.41, 5.74) is 0.753. The summed E-state index contributed by atoms with van der Waals surface area (Å²) in [7, 11) is 0. The molecule has 1 aromatic heterocycles. The van der Waals surface area contributed by atoms with E-state index in [1.54, 1.807) is 6.20 Å². The van der Waals surface area contributed by atoms with Crippen LogP contribution in [0.3, 0.4) is 0 Å². The lowest BCUT2D eigenvalue weighted by molar-refractivity contribution is -0.152. The Balaban J connectivity index is 1.24. The Kier molecular flexibility index (Phi) is 4.08. The van der Waals surface area contributed by atoms with Gasteiger partial charge in [0.05, 0.1) is 17.3 Å².